The van der Waals surface area contributed by atoms with Gasteiger partial charge in [-0.3, -0.25) is 9.69 Å². The van der Waals surface area contributed by atoms with Gasteiger partial charge in [-0.25, -0.2) is 4.98 Å². The van der Waals surface area contributed by atoms with Crippen LogP contribution in [0, 0.1) is 0 Å². The minimum Gasteiger partial charge on any atom is -0.508 e. The summed E-state index contributed by atoms with van der Waals surface area (Å²) in [5.41, 5.74) is 1.05. The molecule has 1 aliphatic rings. The number of fused-ring (bicyclic) bond motifs is 1. The van der Waals surface area contributed by atoms with E-state index in [9.17, 15) is 28.2 Å². The van der Waals surface area contributed by atoms with Crippen molar-refractivity contribution < 1.29 is 23.4 Å². The molecule has 0 saturated carbocycles. The number of aromatic amines is 1. The van der Waals surface area contributed by atoms with E-state index in [0.29, 0.717) is 48.4 Å². The van der Waals surface area contributed by atoms with Crippen LogP contribution in [0.2, 0.25) is 0 Å². The minimum absolute atomic E-state index is 0.0230. The van der Waals surface area contributed by atoms with Crippen molar-refractivity contribution in [1.29, 1.82) is 0 Å². The average Bonchev–Trinajstić information content (AvgIpc) is 2.69. The smallest absolute Gasteiger partial charge is 0.416 e. The van der Waals surface area contributed by atoms with E-state index in [1.54, 1.807) is 6.07 Å². The van der Waals surface area contributed by atoms with Crippen molar-refractivity contribution >= 4 is 0 Å². The van der Waals surface area contributed by atoms with E-state index < -0.39 is 11.7 Å². The van der Waals surface area contributed by atoms with Crippen LogP contribution in [0.4, 0.5) is 13.2 Å². The Morgan fingerprint density at radius 2 is 1.83 bits per heavy atom. The number of aromatic nitrogens is 2. The van der Waals surface area contributed by atoms with Gasteiger partial charge < -0.3 is 15.2 Å². The quantitative estimate of drug-likeness (QED) is 0.608. The number of alkyl halides is 3. The van der Waals surface area contributed by atoms with E-state index in [4.69, 9.17) is 0 Å². The number of nitrogens with one attached hydrogen (secondary N) is 1. The van der Waals surface area contributed by atoms with Crippen LogP contribution < -0.4 is 5.56 Å². The topological polar surface area (TPSA) is 89.5 Å². The number of phenols is 2. The van der Waals surface area contributed by atoms with Gasteiger partial charge >= 0.3 is 6.18 Å². The molecule has 0 amide bonds. The lowest BCUT2D eigenvalue weighted by Crippen LogP contribution is -2.35. The zero-order valence-corrected chi connectivity index (χ0v) is 15.7. The van der Waals surface area contributed by atoms with Crippen LogP contribution in [0.25, 0.3) is 11.4 Å². The lowest BCUT2D eigenvalue weighted by Gasteiger charge is -2.28. The molecule has 3 N–H and O–H groups in total. The monoisotopic (exact) mass is 417 g/mol. The fraction of sp³-hybridized carbons (Fsp3) is 0.238. The van der Waals surface area contributed by atoms with E-state index in [-0.39, 0.29) is 22.9 Å². The van der Waals surface area contributed by atoms with E-state index in [1.165, 1.54) is 24.3 Å². The number of halogens is 3. The normalized spacial score (nSPS) is 14.5. The van der Waals surface area contributed by atoms with E-state index >= 15 is 0 Å². The maximum absolute atomic E-state index is 12.8. The fourth-order valence-electron chi connectivity index (χ4n) is 3.51. The van der Waals surface area contributed by atoms with Crippen molar-refractivity contribution in [1.82, 2.24) is 14.9 Å². The first-order valence-corrected chi connectivity index (χ1v) is 9.23. The first kappa shape index (κ1) is 20.0. The second-order valence-corrected chi connectivity index (χ2v) is 7.19. The third kappa shape index (κ3) is 4.02. The van der Waals surface area contributed by atoms with E-state index in [2.05, 4.69) is 9.97 Å². The molecule has 9 heteroatoms. The van der Waals surface area contributed by atoms with Crippen LogP contribution in [0.5, 0.6) is 11.5 Å². The molecule has 6 nitrogen and oxygen atoms in total. The Balaban J connectivity index is 1.59. The SMILES string of the molecule is O=c1[nH]c(-c2ccc(C(F)(F)F)cc2)nc2c1CCN(Cc1ccc(O)cc1O)C2. The average molecular weight is 417 g/mol. The van der Waals surface area contributed by atoms with E-state index in [0.717, 1.165) is 12.1 Å². The van der Waals surface area contributed by atoms with Crippen molar-refractivity contribution in [2.45, 2.75) is 25.7 Å². The first-order chi connectivity index (χ1) is 14.2. The Kier molecular flexibility index (Phi) is 4.98. The Bertz CT molecular complexity index is 1140. The second kappa shape index (κ2) is 7.49. The molecule has 3 aromatic rings. The number of hydrogen-bond acceptors (Lipinski definition) is 5. The highest BCUT2D eigenvalue weighted by molar-refractivity contribution is 5.56. The zero-order valence-electron chi connectivity index (χ0n) is 15.7. The molecule has 0 radical (unpaired) electrons. The maximum Gasteiger partial charge on any atom is 0.416 e. The molecule has 0 aliphatic carbocycles. The molecule has 1 aromatic heterocycles. The summed E-state index contributed by atoms with van der Waals surface area (Å²) in [4.78, 5) is 21.6. The Morgan fingerprint density at radius 3 is 2.50 bits per heavy atom. The van der Waals surface area contributed by atoms with Crippen LogP contribution in [0.15, 0.2) is 47.3 Å². The number of hydrogen-bond donors (Lipinski definition) is 3. The van der Waals surface area contributed by atoms with Gasteiger partial charge in [0.25, 0.3) is 5.56 Å². The third-order valence-electron chi connectivity index (χ3n) is 5.10. The molecular formula is C21H18F3N3O3. The Morgan fingerprint density at radius 1 is 1.10 bits per heavy atom. The second-order valence-electron chi connectivity index (χ2n) is 7.19. The van der Waals surface area contributed by atoms with Gasteiger partial charge in [0.15, 0.2) is 0 Å². The number of nitrogens with zero attached hydrogens (tertiary/aromatic N) is 2. The molecule has 1 aliphatic heterocycles. The van der Waals surface area contributed by atoms with Gasteiger partial charge in [-0.15, -0.1) is 0 Å². The van der Waals surface area contributed by atoms with Crippen LogP contribution in [0.1, 0.15) is 22.4 Å². The maximum atomic E-state index is 12.8. The molecule has 156 valence electrons. The van der Waals surface area contributed by atoms with Crippen molar-refractivity contribution in [2.75, 3.05) is 6.54 Å². The predicted octanol–water partition coefficient (Wildman–Crippen LogP) is 3.43. The highest BCUT2D eigenvalue weighted by Gasteiger charge is 2.30. The number of rotatable bonds is 3. The third-order valence-corrected chi connectivity index (χ3v) is 5.10. The van der Waals surface area contributed by atoms with Gasteiger partial charge in [0.1, 0.15) is 17.3 Å². The van der Waals surface area contributed by atoms with Gasteiger partial charge in [-0.05, 0) is 24.6 Å². The van der Waals surface area contributed by atoms with Gasteiger partial charge in [-0.1, -0.05) is 18.2 Å². The summed E-state index contributed by atoms with van der Waals surface area (Å²) in [5.74, 6) is 0.154. The molecule has 0 unspecified atom stereocenters. The minimum atomic E-state index is -4.44. The van der Waals surface area contributed by atoms with Crippen molar-refractivity contribution in [3.8, 4) is 22.9 Å². The van der Waals surface area contributed by atoms with Crippen LogP contribution in [-0.4, -0.2) is 31.6 Å². The predicted molar refractivity (Wildman–Crippen MR) is 103 cm³/mol. The van der Waals surface area contributed by atoms with E-state index in [1.807, 2.05) is 4.90 Å². The fourth-order valence-corrected chi connectivity index (χ4v) is 3.51. The molecular weight excluding hydrogens is 399 g/mol. The molecule has 2 aromatic carbocycles. The largest absolute Gasteiger partial charge is 0.508 e. The molecule has 0 fully saturated rings. The molecule has 0 bridgehead atoms. The van der Waals surface area contributed by atoms with Crippen molar-refractivity contribution in [3.63, 3.8) is 0 Å². The van der Waals surface area contributed by atoms with Gasteiger partial charge in [0.2, 0.25) is 0 Å². The summed E-state index contributed by atoms with van der Waals surface area (Å²) in [6, 6.07) is 8.84. The lowest BCUT2D eigenvalue weighted by molar-refractivity contribution is -0.137. The molecule has 0 saturated heterocycles. The summed E-state index contributed by atoms with van der Waals surface area (Å²) in [7, 11) is 0. The Hall–Kier alpha value is -3.33. The van der Waals surface area contributed by atoms with Crippen molar-refractivity contribution in [3.05, 3.63) is 75.2 Å². The number of H-pyrrole nitrogens is 1. The van der Waals surface area contributed by atoms with Crippen LogP contribution >= 0.6 is 0 Å². The standard InChI is InChI=1S/C21H18F3N3O3/c22-21(23,24)14-4-1-12(2-5-14)19-25-17-11-27(8-7-16(17)20(30)26-19)10-13-3-6-15(28)9-18(13)29/h1-6,9,28-29H,7-8,10-11H2,(H,25,26,30). The number of phenolic OH excluding ortho intramolecular Hbond substituents is 2. The summed E-state index contributed by atoms with van der Waals surface area (Å²) < 4.78 is 38.3. The summed E-state index contributed by atoms with van der Waals surface area (Å²) in [5, 5.41) is 19.4. The number of benzene rings is 2. The lowest BCUT2D eigenvalue weighted by atomic mass is 10.0. The molecule has 30 heavy (non-hydrogen) atoms. The van der Waals surface area contributed by atoms with Crippen LogP contribution in [-0.2, 0) is 25.7 Å². The summed E-state index contributed by atoms with van der Waals surface area (Å²) in [6.45, 7) is 1.33. The zero-order chi connectivity index (χ0) is 21.5. The molecule has 0 spiro atoms. The van der Waals surface area contributed by atoms with Gasteiger partial charge in [-0.2, -0.15) is 13.2 Å². The molecule has 2 heterocycles. The molecule has 0 atom stereocenters. The highest BCUT2D eigenvalue weighted by Crippen LogP contribution is 2.31. The Labute approximate surface area is 169 Å². The van der Waals surface area contributed by atoms with Gasteiger partial charge in [0.05, 0.1) is 11.3 Å². The number of aromatic hydroxyl groups is 2. The summed E-state index contributed by atoms with van der Waals surface area (Å²) >= 11 is 0. The molecule has 4 rings (SSSR count). The van der Waals surface area contributed by atoms with Crippen LogP contribution in [0.3, 0.4) is 0 Å². The van der Waals surface area contributed by atoms with Crippen molar-refractivity contribution in [2.24, 2.45) is 0 Å². The highest BCUT2D eigenvalue weighted by atomic mass is 19.4. The first-order valence-electron chi connectivity index (χ1n) is 9.23. The summed E-state index contributed by atoms with van der Waals surface area (Å²) in [6.07, 6.45) is -3.97. The van der Waals surface area contributed by atoms with Gasteiger partial charge in [0, 0.05) is 42.4 Å².